The lowest BCUT2D eigenvalue weighted by atomic mass is 9.73. The van der Waals surface area contributed by atoms with Gasteiger partial charge in [0, 0.05) is 0 Å². The molecule has 1 saturated carbocycles. The van der Waals surface area contributed by atoms with Crippen LogP contribution in [0, 0.1) is 5.92 Å². The zero-order chi connectivity index (χ0) is 17.6. The summed E-state index contributed by atoms with van der Waals surface area (Å²) in [6.45, 7) is 3.13. The fraction of sp³-hybridized carbons (Fsp3) is 0.556. The van der Waals surface area contributed by atoms with Crippen molar-refractivity contribution in [2.24, 2.45) is 5.92 Å². The predicted octanol–water partition coefficient (Wildman–Crippen LogP) is 3.11. The number of nitrogens with zero attached hydrogens (tertiary/aromatic N) is 1. The molecule has 25 heavy (non-hydrogen) atoms. The molecule has 4 rings (SSSR count). The number of carbonyl (C=O) groups is 2. The predicted molar refractivity (Wildman–Crippen MR) is 91.9 cm³/mol. The second kappa shape index (κ2) is 6.09. The van der Waals surface area contributed by atoms with Crippen molar-refractivity contribution in [2.75, 3.05) is 13.2 Å². The Balaban J connectivity index is 1.60. The molecule has 3 amide bonds. The Morgan fingerprint density at radius 1 is 1.28 bits per heavy atom. The molecule has 0 bridgehead atoms. The number of fused-ring (bicyclic) bond motifs is 1. The van der Waals surface area contributed by atoms with Crippen LogP contribution in [0.5, 0.6) is 11.5 Å². The van der Waals surface area contributed by atoms with E-state index in [1.807, 2.05) is 6.92 Å². The van der Waals surface area contributed by atoms with E-state index < -0.39 is 5.54 Å². The van der Waals surface area contributed by atoms with E-state index in [-0.39, 0.29) is 24.4 Å². The maximum atomic E-state index is 13.0. The summed E-state index contributed by atoms with van der Waals surface area (Å²) in [5, 5.41) is 3.40. The molecule has 1 spiro atoms. The van der Waals surface area contributed by atoms with E-state index in [9.17, 15) is 9.59 Å². The largest absolute Gasteiger partial charge is 0.486 e. The monoisotopic (exact) mass is 364 g/mol. The van der Waals surface area contributed by atoms with Gasteiger partial charge in [-0.1, -0.05) is 31.4 Å². The van der Waals surface area contributed by atoms with Crippen molar-refractivity contribution in [2.45, 2.75) is 44.7 Å². The standard InChI is InChI=1S/C18H21ClN2O4/c1-11-4-2-3-5-18(11)16(22)21(17(23)20-18)10-12-8-13(19)15-14(9-12)24-6-7-25-15/h8-9,11H,2-7,10H2,1H3,(H,20,23)/t11-,18+/m1/s1. The van der Waals surface area contributed by atoms with Crippen molar-refractivity contribution < 1.29 is 19.1 Å². The van der Waals surface area contributed by atoms with Gasteiger partial charge in [0.25, 0.3) is 5.91 Å². The molecule has 0 unspecified atom stereocenters. The molecule has 1 aromatic rings. The number of urea groups is 1. The van der Waals surface area contributed by atoms with Crippen LogP contribution in [0.25, 0.3) is 0 Å². The molecular formula is C18H21ClN2O4. The zero-order valence-electron chi connectivity index (χ0n) is 14.1. The first kappa shape index (κ1) is 16.5. The molecule has 3 aliphatic rings. The average Bonchev–Trinajstić information content (AvgIpc) is 2.83. The molecule has 0 radical (unpaired) electrons. The number of hydrogen-bond acceptors (Lipinski definition) is 4. The van der Waals surface area contributed by atoms with Gasteiger partial charge in [-0.3, -0.25) is 9.69 Å². The molecule has 1 saturated heterocycles. The minimum atomic E-state index is -0.743. The number of halogens is 1. The van der Waals surface area contributed by atoms with Crippen LogP contribution in [0.2, 0.25) is 5.02 Å². The summed E-state index contributed by atoms with van der Waals surface area (Å²) >= 11 is 6.26. The topological polar surface area (TPSA) is 67.9 Å². The Bertz CT molecular complexity index is 738. The molecule has 6 nitrogen and oxygen atoms in total. The number of carbonyl (C=O) groups excluding carboxylic acids is 2. The zero-order valence-corrected chi connectivity index (χ0v) is 14.9. The van der Waals surface area contributed by atoms with Gasteiger partial charge in [0.05, 0.1) is 11.6 Å². The quantitative estimate of drug-likeness (QED) is 0.819. The molecule has 2 aliphatic heterocycles. The van der Waals surface area contributed by atoms with Gasteiger partial charge >= 0.3 is 6.03 Å². The van der Waals surface area contributed by atoms with Crippen LogP contribution < -0.4 is 14.8 Å². The second-order valence-corrected chi connectivity index (χ2v) is 7.45. The molecular weight excluding hydrogens is 344 g/mol. The number of rotatable bonds is 2. The van der Waals surface area contributed by atoms with Gasteiger partial charge in [-0.2, -0.15) is 0 Å². The Kier molecular flexibility index (Phi) is 4.02. The summed E-state index contributed by atoms with van der Waals surface area (Å²) in [6.07, 6.45) is 3.72. The number of amides is 3. The highest BCUT2D eigenvalue weighted by Crippen LogP contribution is 2.41. The Morgan fingerprint density at radius 2 is 2.08 bits per heavy atom. The normalized spacial score (nSPS) is 28.4. The van der Waals surface area contributed by atoms with Crippen molar-refractivity contribution in [3.63, 3.8) is 0 Å². The first-order valence-corrected chi connectivity index (χ1v) is 9.11. The fourth-order valence-electron chi connectivity index (χ4n) is 4.08. The third-order valence-electron chi connectivity index (χ3n) is 5.50. The molecule has 1 aromatic carbocycles. The summed E-state index contributed by atoms with van der Waals surface area (Å²) in [6, 6.07) is 3.19. The Hall–Kier alpha value is -1.95. The fourth-order valence-corrected chi connectivity index (χ4v) is 4.36. The van der Waals surface area contributed by atoms with Crippen LogP contribution in [-0.2, 0) is 11.3 Å². The average molecular weight is 365 g/mol. The third kappa shape index (κ3) is 2.63. The minimum absolute atomic E-state index is 0.129. The van der Waals surface area contributed by atoms with Gasteiger partial charge < -0.3 is 14.8 Å². The number of ether oxygens (including phenoxy) is 2. The first-order valence-electron chi connectivity index (χ1n) is 8.73. The number of imide groups is 1. The van der Waals surface area contributed by atoms with Crippen LogP contribution in [0.15, 0.2) is 12.1 Å². The molecule has 2 atom stereocenters. The summed E-state index contributed by atoms with van der Waals surface area (Å²) in [4.78, 5) is 26.8. The van der Waals surface area contributed by atoms with E-state index in [0.717, 1.165) is 24.8 Å². The lowest BCUT2D eigenvalue weighted by Gasteiger charge is -2.36. The van der Waals surface area contributed by atoms with Crippen molar-refractivity contribution >= 4 is 23.5 Å². The molecule has 1 N–H and O–H groups in total. The maximum absolute atomic E-state index is 13.0. The van der Waals surface area contributed by atoms with Gasteiger partial charge in [-0.25, -0.2) is 4.79 Å². The summed E-state index contributed by atoms with van der Waals surface area (Å²) < 4.78 is 11.1. The van der Waals surface area contributed by atoms with E-state index >= 15 is 0 Å². The molecule has 2 fully saturated rings. The Morgan fingerprint density at radius 3 is 2.88 bits per heavy atom. The van der Waals surface area contributed by atoms with Crippen molar-refractivity contribution in [1.29, 1.82) is 0 Å². The van der Waals surface area contributed by atoms with Crippen LogP contribution in [-0.4, -0.2) is 35.6 Å². The molecule has 0 aromatic heterocycles. The van der Waals surface area contributed by atoms with E-state index in [2.05, 4.69) is 5.32 Å². The van der Waals surface area contributed by atoms with E-state index in [1.54, 1.807) is 12.1 Å². The molecule has 7 heteroatoms. The highest BCUT2D eigenvalue weighted by molar-refractivity contribution is 6.32. The second-order valence-electron chi connectivity index (χ2n) is 7.04. The highest BCUT2D eigenvalue weighted by atomic mass is 35.5. The molecule has 1 aliphatic carbocycles. The van der Waals surface area contributed by atoms with E-state index in [4.69, 9.17) is 21.1 Å². The smallest absolute Gasteiger partial charge is 0.325 e. The highest BCUT2D eigenvalue weighted by Gasteiger charge is 2.54. The SMILES string of the molecule is C[C@@H]1CCCC[C@]12NC(=O)N(Cc1cc(Cl)c3c(c1)OCCO3)C2=O. The van der Waals surface area contributed by atoms with Crippen LogP contribution >= 0.6 is 11.6 Å². The lowest BCUT2D eigenvalue weighted by Crippen LogP contribution is -2.53. The van der Waals surface area contributed by atoms with Gasteiger partial charge in [-0.05, 0) is 36.5 Å². The minimum Gasteiger partial charge on any atom is -0.486 e. The molecule has 134 valence electrons. The maximum Gasteiger partial charge on any atom is 0.325 e. The number of benzene rings is 1. The van der Waals surface area contributed by atoms with Crippen LogP contribution in [0.3, 0.4) is 0 Å². The summed E-state index contributed by atoms with van der Waals surface area (Å²) in [5.41, 5.74) is 0.00528. The van der Waals surface area contributed by atoms with E-state index in [1.165, 1.54) is 4.90 Å². The third-order valence-corrected chi connectivity index (χ3v) is 5.78. The van der Waals surface area contributed by atoms with Crippen molar-refractivity contribution in [3.05, 3.63) is 22.7 Å². The van der Waals surface area contributed by atoms with Gasteiger partial charge in [0.1, 0.15) is 18.8 Å². The summed E-state index contributed by atoms with van der Waals surface area (Å²) in [5.74, 6) is 1.09. The van der Waals surface area contributed by atoms with E-state index in [0.29, 0.717) is 36.2 Å². The Labute approximate surface area is 151 Å². The lowest BCUT2D eigenvalue weighted by molar-refractivity contribution is -0.134. The van der Waals surface area contributed by atoms with Crippen molar-refractivity contribution in [1.82, 2.24) is 10.2 Å². The van der Waals surface area contributed by atoms with Gasteiger partial charge in [-0.15, -0.1) is 0 Å². The van der Waals surface area contributed by atoms with Gasteiger partial charge in [0.2, 0.25) is 0 Å². The van der Waals surface area contributed by atoms with Crippen LogP contribution in [0.1, 0.15) is 38.2 Å². The number of nitrogens with one attached hydrogen (secondary N) is 1. The van der Waals surface area contributed by atoms with Crippen molar-refractivity contribution in [3.8, 4) is 11.5 Å². The van der Waals surface area contributed by atoms with Crippen LogP contribution in [0.4, 0.5) is 4.79 Å². The first-order chi connectivity index (χ1) is 12.0. The summed E-state index contributed by atoms with van der Waals surface area (Å²) in [7, 11) is 0. The number of hydrogen-bond donors (Lipinski definition) is 1. The molecule has 2 heterocycles. The van der Waals surface area contributed by atoms with Gasteiger partial charge in [0.15, 0.2) is 11.5 Å².